The van der Waals surface area contributed by atoms with Crippen molar-refractivity contribution in [3.8, 4) is 6.07 Å². The molecule has 0 amide bonds. The van der Waals surface area contributed by atoms with Gasteiger partial charge in [-0.15, -0.1) is 0 Å². The number of hydroxylamine groups is 1. The molecule has 0 spiro atoms. The summed E-state index contributed by atoms with van der Waals surface area (Å²) >= 11 is 0. The number of nitriles is 1. The molecule has 0 saturated heterocycles. The zero-order valence-corrected chi connectivity index (χ0v) is 7.61. The summed E-state index contributed by atoms with van der Waals surface area (Å²) in [6, 6.07) is 9.14. The molecule has 0 aromatic heterocycles. The molecule has 0 aliphatic heterocycles. The van der Waals surface area contributed by atoms with Crippen LogP contribution in [0.3, 0.4) is 0 Å². The lowest BCUT2D eigenvalue weighted by molar-refractivity contribution is -0.420. The highest BCUT2D eigenvalue weighted by molar-refractivity contribution is 6.08. The fourth-order valence-electron chi connectivity index (χ4n) is 1.03. The van der Waals surface area contributed by atoms with Crippen LogP contribution in [0.15, 0.2) is 24.3 Å². The highest BCUT2D eigenvalue weighted by atomic mass is 16.5. The molecule has 1 aromatic carbocycles. The Labute approximate surface area is 77.1 Å². The van der Waals surface area contributed by atoms with E-state index in [9.17, 15) is 5.21 Å². The Kier molecular flexibility index (Phi) is 2.65. The summed E-state index contributed by atoms with van der Waals surface area (Å²) in [7, 11) is 1.32. The molecule has 0 bridgehead atoms. The van der Waals surface area contributed by atoms with E-state index < -0.39 is 0 Å². The van der Waals surface area contributed by atoms with E-state index in [1.54, 1.807) is 12.1 Å². The van der Waals surface area contributed by atoms with Crippen molar-refractivity contribution in [2.24, 2.45) is 0 Å². The van der Waals surface area contributed by atoms with Crippen molar-refractivity contribution in [2.45, 2.75) is 6.92 Å². The van der Waals surface area contributed by atoms with Crippen LogP contribution in [0.1, 0.15) is 11.1 Å². The van der Waals surface area contributed by atoms with E-state index in [0.29, 0.717) is 10.3 Å². The van der Waals surface area contributed by atoms with Gasteiger partial charge in [0, 0.05) is 0 Å². The predicted octanol–water partition coefficient (Wildman–Crippen LogP) is 1.45. The Balaban J connectivity index is 3.17. The molecular formula is C10H10N2O. The quantitative estimate of drug-likeness (QED) is 0.280. The van der Waals surface area contributed by atoms with E-state index >= 15 is 0 Å². The zero-order valence-electron chi connectivity index (χ0n) is 7.61. The molecular weight excluding hydrogens is 164 g/mol. The molecule has 0 fully saturated rings. The first-order valence-electron chi connectivity index (χ1n) is 3.90. The molecule has 0 aliphatic rings. The number of benzene rings is 1. The van der Waals surface area contributed by atoms with Gasteiger partial charge in [0.25, 0.3) is 5.71 Å². The van der Waals surface area contributed by atoms with Gasteiger partial charge in [0.1, 0.15) is 7.05 Å². The molecule has 0 aliphatic carbocycles. The lowest BCUT2D eigenvalue weighted by Gasteiger charge is -2.00. The van der Waals surface area contributed by atoms with Crippen molar-refractivity contribution in [1.82, 2.24) is 0 Å². The summed E-state index contributed by atoms with van der Waals surface area (Å²) in [6.07, 6.45) is 0. The van der Waals surface area contributed by atoms with Gasteiger partial charge in [-0.2, -0.15) is 10.0 Å². The van der Waals surface area contributed by atoms with Gasteiger partial charge in [0.2, 0.25) is 0 Å². The zero-order chi connectivity index (χ0) is 9.84. The Bertz CT molecular complexity index is 367. The minimum Gasteiger partial charge on any atom is -0.623 e. The van der Waals surface area contributed by atoms with Crippen molar-refractivity contribution in [1.29, 1.82) is 5.26 Å². The summed E-state index contributed by atoms with van der Waals surface area (Å²) in [4.78, 5) is 0. The molecule has 3 nitrogen and oxygen atoms in total. The summed E-state index contributed by atoms with van der Waals surface area (Å²) < 4.78 is 0.574. The van der Waals surface area contributed by atoms with Crippen LogP contribution >= 0.6 is 0 Å². The Hall–Kier alpha value is -1.82. The van der Waals surface area contributed by atoms with Crippen molar-refractivity contribution >= 4 is 5.71 Å². The molecule has 13 heavy (non-hydrogen) atoms. The predicted molar refractivity (Wildman–Crippen MR) is 50.5 cm³/mol. The molecule has 0 saturated carbocycles. The van der Waals surface area contributed by atoms with Gasteiger partial charge in [-0.05, 0) is 19.1 Å². The second-order valence-electron chi connectivity index (χ2n) is 2.82. The number of aryl methyl sites for hydroxylation is 1. The standard InChI is InChI=1S/C10H10N2O/c1-8-3-5-9(6-4-8)10(7-11)12(2)13/h3-6H,1-2H3/b12-10-. The van der Waals surface area contributed by atoms with Crippen molar-refractivity contribution < 1.29 is 4.74 Å². The second kappa shape index (κ2) is 3.72. The highest BCUT2D eigenvalue weighted by Gasteiger charge is 2.08. The van der Waals surface area contributed by atoms with Gasteiger partial charge in [0.05, 0.1) is 5.56 Å². The SMILES string of the molecule is Cc1ccc(/C(C#N)=[N+](/C)[O-])cc1. The van der Waals surface area contributed by atoms with Crippen LogP contribution in [0.5, 0.6) is 0 Å². The maximum Gasteiger partial charge on any atom is 0.296 e. The Morgan fingerprint density at radius 3 is 2.31 bits per heavy atom. The van der Waals surface area contributed by atoms with Crippen LogP contribution in [0.2, 0.25) is 0 Å². The number of nitrogens with zero attached hydrogens (tertiary/aromatic N) is 2. The molecule has 0 atom stereocenters. The number of rotatable bonds is 1. The molecule has 66 valence electrons. The normalized spacial score (nSPS) is 11.8. The molecule has 1 rings (SSSR count). The van der Waals surface area contributed by atoms with E-state index in [-0.39, 0.29) is 5.71 Å². The maximum atomic E-state index is 10.9. The summed E-state index contributed by atoms with van der Waals surface area (Å²) in [5.74, 6) is 0. The van der Waals surface area contributed by atoms with Gasteiger partial charge >= 0.3 is 0 Å². The molecule has 0 unspecified atom stereocenters. The molecule has 0 N–H and O–H groups in total. The fraction of sp³-hybridized carbons (Fsp3) is 0.200. The van der Waals surface area contributed by atoms with Crippen LogP contribution in [0.4, 0.5) is 0 Å². The van der Waals surface area contributed by atoms with Crippen LogP contribution in [0, 0.1) is 23.5 Å². The van der Waals surface area contributed by atoms with Gasteiger partial charge < -0.3 is 5.21 Å². The maximum absolute atomic E-state index is 10.9. The largest absolute Gasteiger partial charge is 0.623 e. The van der Waals surface area contributed by atoms with E-state index in [1.807, 2.05) is 25.1 Å². The van der Waals surface area contributed by atoms with Crippen molar-refractivity contribution in [2.75, 3.05) is 7.05 Å². The number of hydrogen-bond donors (Lipinski definition) is 0. The Morgan fingerprint density at radius 2 is 1.92 bits per heavy atom. The lowest BCUT2D eigenvalue weighted by atomic mass is 10.1. The second-order valence-corrected chi connectivity index (χ2v) is 2.82. The van der Waals surface area contributed by atoms with Gasteiger partial charge in [0.15, 0.2) is 6.07 Å². The summed E-state index contributed by atoms with van der Waals surface area (Å²) in [5, 5.41) is 19.6. The third-order valence-electron chi connectivity index (χ3n) is 1.75. The first-order chi connectivity index (χ1) is 6.15. The van der Waals surface area contributed by atoms with Crippen molar-refractivity contribution in [3.05, 3.63) is 40.6 Å². The Morgan fingerprint density at radius 1 is 1.38 bits per heavy atom. The minimum atomic E-state index is 0.139. The average Bonchev–Trinajstić information content (AvgIpc) is 2.09. The van der Waals surface area contributed by atoms with Crippen LogP contribution in [0.25, 0.3) is 0 Å². The molecule has 3 heteroatoms. The molecule has 0 radical (unpaired) electrons. The minimum absolute atomic E-state index is 0.139. The average molecular weight is 174 g/mol. The summed E-state index contributed by atoms with van der Waals surface area (Å²) in [5.41, 5.74) is 1.90. The van der Waals surface area contributed by atoms with E-state index in [1.165, 1.54) is 7.05 Å². The highest BCUT2D eigenvalue weighted by Crippen LogP contribution is 2.03. The van der Waals surface area contributed by atoms with Gasteiger partial charge in [-0.3, -0.25) is 0 Å². The number of hydrogen-bond acceptors (Lipinski definition) is 2. The first kappa shape index (κ1) is 9.27. The van der Waals surface area contributed by atoms with Crippen LogP contribution in [-0.4, -0.2) is 17.5 Å². The molecule has 1 aromatic rings. The van der Waals surface area contributed by atoms with E-state index in [4.69, 9.17) is 5.26 Å². The van der Waals surface area contributed by atoms with E-state index in [0.717, 1.165) is 5.56 Å². The molecule has 0 heterocycles. The van der Waals surface area contributed by atoms with Crippen LogP contribution in [-0.2, 0) is 0 Å². The fourth-order valence-corrected chi connectivity index (χ4v) is 1.03. The topological polar surface area (TPSA) is 49.9 Å². The van der Waals surface area contributed by atoms with E-state index in [2.05, 4.69) is 0 Å². The van der Waals surface area contributed by atoms with Crippen LogP contribution < -0.4 is 0 Å². The third-order valence-corrected chi connectivity index (χ3v) is 1.75. The summed E-state index contributed by atoms with van der Waals surface area (Å²) in [6.45, 7) is 1.96. The third kappa shape index (κ3) is 2.06. The van der Waals surface area contributed by atoms with Crippen molar-refractivity contribution in [3.63, 3.8) is 0 Å². The van der Waals surface area contributed by atoms with Gasteiger partial charge in [-0.1, -0.05) is 17.7 Å². The lowest BCUT2D eigenvalue weighted by Crippen LogP contribution is -2.10. The monoisotopic (exact) mass is 174 g/mol. The van der Waals surface area contributed by atoms with Gasteiger partial charge in [-0.25, -0.2) is 0 Å². The smallest absolute Gasteiger partial charge is 0.296 e. The first-order valence-corrected chi connectivity index (χ1v) is 3.90.